The van der Waals surface area contributed by atoms with Crippen molar-refractivity contribution in [2.24, 2.45) is 0 Å². The van der Waals surface area contributed by atoms with Gasteiger partial charge in [-0.05, 0) is 72.7 Å². The molecule has 0 saturated carbocycles. The molecule has 0 atom stereocenters. The maximum Gasteiger partial charge on any atom is 0.278 e. The van der Waals surface area contributed by atoms with Crippen molar-refractivity contribution < 1.29 is 14.5 Å². The Morgan fingerprint density at radius 2 is 1.56 bits per heavy atom. The Hall–Kier alpha value is -3.84. The summed E-state index contributed by atoms with van der Waals surface area (Å²) in [5, 5.41) is 13.1. The SMILES string of the molecule is Cc1ccc(N2C(=O)c3cccc4c(-c5ccc(Br)c(C)c5)c([N+](=O)[O-])cc(c34)C2=O)cc1C. The fraction of sp³-hybridized carbons (Fsp3) is 0.111. The van der Waals surface area contributed by atoms with Crippen molar-refractivity contribution in [2.75, 3.05) is 4.90 Å². The minimum absolute atomic E-state index is 0.146. The topological polar surface area (TPSA) is 80.5 Å². The van der Waals surface area contributed by atoms with E-state index in [9.17, 15) is 19.7 Å². The molecule has 0 N–H and O–H groups in total. The van der Waals surface area contributed by atoms with Crippen LogP contribution in [0.25, 0.3) is 21.9 Å². The fourth-order valence-electron chi connectivity index (χ4n) is 4.50. The molecule has 0 spiro atoms. The van der Waals surface area contributed by atoms with Gasteiger partial charge in [-0.2, -0.15) is 0 Å². The molecule has 0 bridgehead atoms. The molecule has 0 unspecified atom stereocenters. The van der Waals surface area contributed by atoms with Crippen LogP contribution in [-0.4, -0.2) is 16.7 Å². The largest absolute Gasteiger partial charge is 0.278 e. The second-order valence-corrected chi connectivity index (χ2v) is 9.34. The maximum absolute atomic E-state index is 13.6. The summed E-state index contributed by atoms with van der Waals surface area (Å²) in [6, 6.07) is 17.2. The molecule has 1 aliphatic heterocycles. The highest BCUT2D eigenvalue weighted by Gasteiger charge is 2.37. The Morgan fingerprint density at radius 3 is 2.24 bits per heavy atom. The van der Waals surface area contributed by atoms with E-state index in [1.165, 1.54) is 6.07 Å². The van der Waals surface area contributed by atoms with Gasteiger partial charge in [-0.25, -0.2) is 4.90 Å². The van der Waals surface area contributed by atoms with E-state index in [4.69, 9.17) is 0 Å². The van der Waals surface area contributed by atoms with E-state index < -0.39 is 16.7 Å². The lowest BCUT2D eigenvalue weighted by Gasteiger charge is -2.28. The Kier molecular flexibility index (Phi) is 5.10. The molecule has 5 rings (SSSR count). The number of aryl methyl sites for hydroxylation is 3. The fourth-order valence-corrected chi connectivity index (χ4v) is 4.74. The summed E-state index contributed by atoms with van der Waals surface area (Å²) >= 11 is 3.47. The van der Waals surface area contributed by atoms with Crippen LogP contribution in [0, 0.1) is 30.9 Å². The number of rotatable bonds is 3. The number of anilines is 1. The van der Waals surface area contributed by atoms with Crippen LogP contribution in [-0.2, 0) is 0 Å². The number of carbonyl (C=O) groups is 2. The molecule has 7 heteroatoms. The van der Waals surface area contributed by atoms with Gasteiger partial charge in [-0.3, -0.25) is 19.7 Å². The summed E-state index contributed by atoms with van der Waals surface area (Å²) in [6.45, 7) is 5.76. The highest BCUT2D eigenvalue weighted by Crippen LogP contribution is 2.43. The minimum Gasteiger partial charge on any atom is -0.268 e. The van der Waals surface area contributed by atoms with Crippen molar-refractivity contribution in [3.63, 3.8) is 0 Å². The minimum atomic E-state index is -0.571. The lowest BCUT2D eigenvalue weighted by atomic mass is 9.87. The smallest absolute Gasteiger partial charge is 0.268 e. The van der Waals surface area contributed by atoms with Gasteiger partial charge < -0.3 is 0 Å². The summed E-state index contributed by atoms with van der Waals surface area (Å²) in [5.74, 6) is -1.02. The molecule has 168 valence electrons. The number of nitro groups is 1. The van der Waals surface area contributed by atoms with Gasteiger partial charge in [0.25, 0.3) is 17.5 Å². The number of nitro benzene ring substituents is 1. The van der Waals surface area contributed by atoms with E-state index in [0.29, 0.717) is 33.2 Å². The third-order valence-electron chi connectivity index (χ3n) is 6.40. The van der Waals surface area contributed by atoms with Gasteiger partial charge in [-0.15, -0.1) is 0 Å². The zero-order chi connectivity index (χ0) is 24.3. The summed E-state index contributed by atoms with van der Waals surface area (Å²) in [6.07, 6.45) is 0. The van der Waals surface area contributed by atoms with Crippen LogP contribution in [0.4, 0.5) is 11.4 Å². The van der Waals surface area contributed by atoms with Crippen molar-refractivity contribution in [2.45, 2.75) is 20.8 Å². The third-order valence-corrected chi connectivity index (χ3v) is 7.29. The van der Waals surface area contributed by atoms with Crippen LogP contribution in [0.5, 0.6) is 0 Å². The Labute approximate surface area is 204 Å². The molecular formula is C27H19BrN2O4. The first-order valence-electron chi connectivity index (χ1n) is 10.7. The van der Waals surface area contributed by atoms with Gasteiger partial charge in [-0.1, -0.05) is 46.3 Å². The number of nitrogens with zero attached hydrogens (tertiary/aromatic N) is 2. The van der Waals surface area contributed by atoms with Crippen LogP contribution in [0.15, 0.2) is 65.1 Å². The van der Waals surface area contributed by atoms with Crippen molar-refractivity contribution in [3.05, 3.63) is 103 Å². The second kappa shape index (κ2) is 7.88. The van der Waals surface area contributed by atoms with Crippen molar-refractivity contribution in [1.29, 1.82) is 0 Å². The first kappa shape index (κ1) is 22.0. The molecule has 4 aromatic carbocycles. The van der Waals surface area contributed by atoms with Gasteiger partial charge in [0.05, 0.1) is 21.7 Å². The molecular weight excluding hydrogens is 496 g/mol. The van der Waals surface area contributed by atoms with Gasteiger partial charge in [0, 0.05) is 21.5 Å². The molecule has 1 aliphatic rings. The summed E-state index contributed by atoms with van der Waals surface area (Å²) in [7, 11) is 0. The molecule has 1 heterocycles. The van der Waals surface area contributed by atoms with Crippen LogP contribution in [0.2, 0.25) is 0 Å². The Bertz CT molecular complexity index is 1580. The maximum atomic E-state index is 13.6. The zero-order valence-corrected chi connectivity index (χ0v) is 20.3. The summed E-state index contributed by atoms with van der Waals surface area (Å²) < 4.78 is 0.885. The molecule has 6 nitrogen and oxygen atoms in total. The van der Waals surface area contributed by atoms with E-state index in [1.807, 2.05) is 39.0 Å². The number of halogens is 1. The standard InChI is InChI=1S/C27H19BrN2O4/c1-14-7-9-18(12-15(14)2)29-26(31)20-6-4-5-19-24(17-8-10-22(28)16(3)11-17)23(30(33)34)13-21(25(19)20)27(29)32/h4-13H,1-3H3. The lowest BCUT2D eigenvalue weighted by molar-refractivity contribution is -0.384. The second-order valence-electron chi connectivity index (χ2n) is 8.48. The highest BCUT2D eigenvalue weighted by atomic mass is 79.9. The molecule has 4 aromatic rings. The Balaban J connectivity index is 1.83. The predicted molar refractivity (Wildman–Crippen MR) is 136 cm³/mol. The van der Waals surface area contributed by atoms with Gasteiger partial charge in [0.1, 0.15) is 0 Å². The average molecular weight is 515 g/mol. The molecule has 0 radical (unpaired) electrons. The van der Waals surface area contributed by atoms with Crippen molar-refractivity contribution in [3.8, 4) is 11.1 Å². The average Bonchev–Trinajstić information content (AvgIpc) is 2.81. The van der Waals surface area contributed by atoms with E-state index in [0.717, 1.165) is 26.1 Å². The zero-order valence-electron chi connectivity index (χ0n) is 18.7. The van der Waals surface area contributed by atoms with Crippen molar-refractivity contribution in [1.82, 2.24) is 0 Å². The number of hydrogen-bond donors (Lipinski definition) is 0. The summed E-state index contributed by atoms with van der Waals surface area (Å²) in [4.78, 5) is 40.0. The van der Waals surface area contributed by atoms with Crippen LogP contribution in [0.3, 0.4) is 0 Å². The van der Waals surface area contributed by atoms with Crippen LogP contribution < -0.4 is 4.90 Å². The van der Waals surface area contributed by atoms with E-state index in [2.05, 4.69) is 15.9 Å². The molecule has 0 saturated heterocycles. The van der Waals surface area contributed by atoms with Crippen LogP contribution >= 0.6 is 15.9 Å². The van der Waals surface area contributed by atoms with Gasteiger partial charge in [0.2, 0.25) is 0 Å². The van der Waals surface area contributed by atoms with E-state index >= 15 is 0 Å². The van der Waals surface area contributed by atoms with Gasteiger partial charge in [0.15, 0.2) is 0 Å². The molecule has 34 heavy (non-hydrogen) atoms. The number of hydrogen-bond acceptors (Lipinski definition) is 4. The number of imide groups is 1. The third kappa shape index (κ3) is 3.23. The van der Waals surface area contributed by atoms with E-state index in [-0.39, 0.29) is 11.3 Å². The number of amides is 2. The van der Waals surface area contributed by atoms with E-state index in [1.54, 1.807) is 36.4 Å². The normalized spacial score (nSPS) is 13.0. The molecule has 2 amide bonds. The quantitative estimate of drug-likeness (QED) is 0.169. The number of benzene rings is 4. The molecule has 0 fully saturated rings. The molecule has 0 aliphatic carbocycles. The highest BCUT2D eigenvalue weighted by molar-refractivity contribution is 9.10. The number of carbonyl (C=O) groups excluding carboxylic acids is 2. The summed E-state index contributed by atoms with van der Waals surface area (Å²) in [5.41, 5.74) is 4.68. The monoisotopic (exact) mass is 514 g/mol. The molecule has 0 aromatic heterocycles. The van der Waals surface area contributed by atoms with Gasteiger partial charge >= 0.3 is 0 Å². The lowest BCUT2D eigenvalue weighted by Crippen LogP contribution is -2.40. The van der Waals surface area contributed by atoms with Crippen molar-refractivity contribution >= 4 is 49.9 Å². The first-order chi connectivity index (χ1) is 16.2. The Morgan fingerprint density at radius 1 is 0.824 bits per heavy atom. The predicted octanol–water partition coefficient (Wildman–Crippen LogP) is 6.90. The first-order valence-corrected chi connectivity index (χ1v) is 11.4. The van der Waals surface area contributed by atoms with Crippen LogP contribution in [0.1, 0.15) is 37.4 Å².